The van der Waals surface area contributed by atoms with E-state index < -0.39 is 5.82 Å². The van der Waals surface area contributed by atoms with Crippen LogP contribution in [0.3, 0.4) is 0 Å². The Morgan fingerprint density at radius 1 is 1.38 bits per heavy atom. The first-order chi connectivity index (χ1) is 10.2. The van der Waals surface area contributed by atoms with Gasteiger partial charge in [0.05, 0.1) is 24.0 Å². The zero-order valence-corrected chi connectivity index (χ0v) is 12.1. The lowest BCUT2D eigenvalue weighted by Gasteiger charge is -2.11. The Bertz CT molecular complexity index is 625. The van der Waals surface area contributed by atoms with E-state index in [0.717, 1.165) is 12.2 Å². The summed E-state index contributed by atoms with van der Waals surface area (Å²) in [4.78, 5) is 16.2. The molecule has 1 amide bonds. The van der Waals surface area contributed by atoms with Crippen LogP contribution in [0, 0.1) is 5.82 Å². The largest absolute Gasteiger partial charge is 0.444 e. The van der Waals surface area contributed by atoms with E-state index in [0.29, 0.717) is 12.4 Å². The predicted molar refractivity (Wildman–Crippen MR) is 77.6 cm³/mol. The Kier molecular flexibility index (Phi) is 4.92. The van der Waals surface area contributed by atoms with Crippen LogP contribution in [0.1, 0.15) is 35.9 Å². The fourth-order valence-corrected chi connectivity index (χ4v) is 1.91. The van der Waals surface area contributed by atoms with Crippen LogP contribution in [0.4, 0.5) is 10.1 Å². The number of rotatable bonds is 6. The lowest BCUT2D eigenvalue weighted by Crippen LogP contribution is -2.24. The average molecular weight is 291 g/mol. The van der Waals surface area contributed by atoms with Crippen LogP contribution in [-0.2, 0) is 13.0 Å². The minimum absolute atomic E-state index is 0.168. The number of anilines is 1. The molecule has 0 aliphatic carbocycles. The zero-order chi connectivity index (χ0) is 15.2. The zero-order valence-electron chi connectivity index (χ0n) is 12.1. The summed E-state index contributed by atoms with van der Waals surface area (Å²) in [6.07, 6.45) is 2.38. The summed E-state index contributed by atoms with van der Waals surface area (Å²) >= 11 is 0. The van der Waals surface area contributed by atoms with Gasteiger partial charge in [-0.15, -0.1) is 0 Å². The number of nitrogens with zero attached hydrogens (tertiary/aromatic N) is 1. The molecule has 1 aromatic heterocycles. The third kappa shape index (κ3) is 3.59. The number of carbonyl (C=O) groups is 1. The van der Waals surface area contributed by atoms with Crippen molar-refractivity contribution in [3.05, 3.63) is 47.4 Å². The maximum atomic E-state index is 13.7. The molecule has 0 spiro atoms. The SMILES string of the molecule is CCNc1c(F)cccc1C(=O)NCc1ncc(CC)o1. The molecule has 2 aromatic rings. The molecule has 5 nitrogen and oxygen atoms in total. The molecule has 0 saturated heterocycles. The monoisotopic (exact) mass is 291 g/mol. The molecule has 0 radical (unpaired) electrons. The number of aromatic nitrogens is 1. The molecule has 0 saturated carbocycles. The second-order valence-electron chi connectivity index (χ2n) is 4.45. The van der Waals surface area contributed by atoms with Gasteiger partial charge in [0.2, 0.25) is 5.89 Å². The first kappa shape index (κ1) is 15.0. The minimum atomic E-state index is -0.450. The topological polar surface area (TPSA) is 67.2 Å². The van der Waals surface area contributed by atoms with Crippen LogP contribution in [0.5, 0.6) is 0 Å². The highest BCUT2D eigenvalue weighted by Gasteiger charge is 2.15. The lowest BCUT2D eigenvalue weighted by molar-refractivity contribution is 0.0947. The molecule has 1 aromatic carbocycles. The summed E-state index contributed by atoms with van der Waals surface area (Å²) in [6.45, 7) is 4.49. The van der Waals surface area contributed by atoms with E-state index in [1.165, 1.54) is 12.1 Å². The number of benzene rings is 1. The van der Waals surface area contributed by atoms with Gasteiger partial charge in [0.15, 0.2) is 0 Å². The molecule has 6 heteroatoms. The number of amides is 1. The number of halogens is 1. The first-order valence-electron chi connectivity index (χ1n) is 6.89. The molecule has 2 N–H and O–H groups in total. The van der Waals surface area contributed by atoms with Gasteiger partial charge in [-0.3, -0.25) is 4.79 Å². The Balaban J connectivity index is 2.08. The van der Waals surface area contributed by atoms with E-state index in [4.69, 9.17) is 4.42 Å². The predicted octanol–water partition coefficient (Wildman–Crippen LogP) is 2.74. The van der Waals surface area contributed by atoms with E-state index >= 15 is 0 Å². The average Bonchev–Trinajstić information content (AvgIpc) is 2.95. The van der Waals surface area contributed by atoms with Gasteiger partial charge in [-0.25, -0.2) is 9.37 Å². The van der Waals surface area contributed by atoms with Crippen molar-refractivity contribution in [3.8, 4) is 0 Å². The molecule has 0 unspecified atom stereocenters. The van der Waals surface area contributed by atoms with Gasteiger partial charge in [0, 0.05) is 13.0 Å². The summed E-state index contributed by atoms with van der Waals surface area (Å²) in [5, 5.41) is 5.54. The quantitative estimate of drug-likeness (QED) is 0.858. The highest BCUT2D eigenvalue weighted by Crippen LogP contribution is 2.19. The van der Waals surface area contributed by atoms with Gasteiger partial charge < -0.3 is 15.1 Å². The summed E-state index contributed by atoms with van der Waals surface area (Å²) in [5.74, 6) is 0.371. The standard InChI is InChI=1S/C15H18FN3O2/c1-3-10-8-18-13(21-10)9-19-15(20)11-6-5-7-12(16)14(11)17-4-2/h5-8,17H,3-4,9H2,1-2H3,(H,19,20). The number of carbonyl (C=O) groups excluding carboxylic acids is 1. The molecule has 112 valence electrons. The minimum Gasteiger partial charge on any atom is -0.444 e. The molecule has 0 atom stereocenters. The van der Waals surface area contributed by atoms with Crippen molar-refractivity contribution in [1.29, 1.82) is 0 Å². The van der Waals surface area contributed by atoms with E-state index in [1.54, 1.807) is 12.3 Å². The second-order valence-corrected chi connectivity index (χ2v) is 4.45. The van der Waals surface area contributed by atoms with Gasteiger partial charge in [0.25, 0.3) is 5.91 Å². The van der Waals surface area contributed by atoms with Crippen LogP contribution in [0.25, 0.3) is 0 Å². The van der Waals surface area contributed by atoms with Crippen molar-refractivity contribution >= 4 is 11.6 Å². The smallest absolute Gasteiger partial charge is 0.253 e. The summed E-state index contributed by atoms with van der Waals surface area (Å²) < 4.78 is 19.1. The number of hydrogen-bond acceptors (Lipinski definition) is 4. The normalized spacial score (nSPS) is 10.4. The van der Waals surface area contributed by atoms with Gasteiger partial charge in [-0.2, -0.15) is 0 Å². The molecular formula is C15H18FN3O2. The molecular weight excluding hydrogens is 273 g/mol. The van der Waals surface area contributed by atoms with Crippen molar-refractivity contribution < 1.29 is 13.6 Å². The van der Waals surface area contributed by atoms with Crippen LogP contribution in [-0.4, -0.2) is 17.4 Å². The van der Waals surface area contributed by atoms with Crippen molar-refractivity contribution in [3.63, 3.8) is 0 Å². The van der Waals surface area contributed by atoms with Crippen molar-refractivity contribution in [2.45, 2.75) is 26.8 Å². The van der Waals surface area contributed by atoms with Gasteiger partial charge in [-0.1, -0.05) is 13.0 Å². The summed E-state index contributed by atoms with van der Waals surface area (Å²) in [6, 6.07) is 4.39. The number of nitrogens with one attached hydrogen (secondary N) is 2. The fourth-order valence-electron chi connectivity index (χ4n) is 1.91. The number of aryl methyl sites for hydroxylation is 1. The Morgan fingerprint density at radius 2 is 2.19 bits per heavy atom. The highest BCUT2D eigenvalue weighted by molar-refractivity contribution is 5.99. The van der Waals surface area contributed by atoms with E-state index in [1.807, 2.05) is 13.8 Å². The third-order valence-electron chi connectivity index (χ3n) is 2.96. The summed E-state index contributed by atoms with van der Waals surface area (Å²) in [5.41, 5.74) is 0.471. The number of para-hydroxylation sites is 1. The molecule has 1 heterocycles. The van der Waals surface area contributed by atoms with Crippen molar-refractivity contribution in [2.75, 3.05) is 11.9 Å². The van der Waals surface area contributed by atoms with Crippen LogP contribution in [0.15, 0.2) is 28.8 Å². The molecule has 0 bridgehead atoms. The summed E-state index contributed by atoms with van der Waals surface area (Å²) in [7, 11) is 0. The molecule has 0 aliphatic rings. The number of hydrogen-bond donors (Lipinski definition) is 2. The maximum absolute atomic E-state index is 13.7. The van der Waals surface area contributed by atoms with Gasteiger partial charge in [-0.05, 0) is 19.1 Å². The third-order valence-corrected chi connectivity index (χ3v) is 2.96. The number of oxazole rings is 1. The van der Waals surface area contributed by atoms with Crippen molar-refractivity contribution in [1.82, 2.24) is 10.3 Å². The van der Waals surface area contributed by atoms with Crippen LogP contribution < -0.4 is 10.6 Å². The molecule has 0 fully saturated rings. The van der Waals surface area contributed by atoms with E-state index in [-0.39, 0.29) is 23.7 Å². The van der Waals surface area contributed by atoms with E-state index in [2.05, 4.69) is 15.6 Å². The Labute approximate surface area is 122 Å². The lowest BCUT2D eigenvalue weighted by atomic mass is 10.1. The van der Waals surface area contributed by atoms with Crippen LogP contribution in [0.2, 0.25) is 0 Å². The Morgan fingerprint density at radius 3 is 2.86 bits per heavy atom. The molecule has 2 rings (SSSR count). The molecule has 21 heavy (non-hydrogen) atoms. The van der Waals surface area contributed by atoms with Gasteiger partial charge >= 0.3 is 0 Å². The van der Waals surface area contributed by atoms with Gasteiger partial charge in [0.1, 0.15) is 11.6 Å². The van der Waals surface area contributed by atoms with E-state index in [9.17, 15) is 9.18 Å². The molecule has 0 aliphatic heterocycles. The van der Waals surface area contributed by atoms with Crippen molar-refractivity contribution in [2.24, 2.45) is 0 Å². The maximum Gasteiger partial charge on any atom is 0.253 e. The fraction of sp³-hybridized carbons (Fsp3) is 0.333. The first-order valence-corrected chi connectivity index (χ1v) is 6.89. The Hall–Kier alpha value is -2.37. The second kappa shape index (κ2) is 6.88. The highest BCUT2D eigenvalue weighted by atomic mass is 19.1. The van der Waals surface area contributed by atoms with Crippen LogP contribution >= 0.6 is 0 Å².